The second kappa shape index (κ2) is 6.77. The lowest BCUT2D eigenvalue weighted by Gasteiger charge is -2.25. The van der Waals surface area contributed by atoms with Crippen LogP contribution >= 0.6 is 0 Å². The number of nitrogens with two attached hydrogens (primary N) is 1. The van der Waals surface area contributed by atoms with E-state index in [0.717, 1.165) is 12.0 Å². The molecule has 0 radical (unpaired) electrons. The first-order valence-corrected chi connectivity index (χ1v) is 8.55. The predicted molar refractivity (Wildman–Crippen MR) is 85.6 cm³/mol. The molecule has 0 saturated heterocycles. The van der Waals surface area contributed by atoms with Crippen LogP contribution in [0.5, 0.6) is 0 Å². The van der Waals surface area contributed by atoms with E-state index in [1.807, 2.05) is 26.8 Å². The first-order valence-electron chi connectivity index (χ1n) is 7.07. The van der Waals surface area contributed by atoms with Crippen molar-refractivity contribution in [3.8, 4) is 0 Å². The van der Waals surface area contributed by atoms with Crippen molar-refractivity contribution in [2.75, 3.05) is 18.9 Å². The van der Waals surface area contributed by atoms with Crippen LogP contribution in [0.25, 0.3) is 0 Å². The summed E-state index contributed by atoms with van der Waals surface area (Å²) in [6.45, 7) is 7.98. The van der Waals surface area contributed by atoms with E-state index in [0.29, 0.717) is 18.5 Å². The van der Waals surface area contributed by atoms with Crippen molar-refractivity contribution in [3.63, 3.8) is 0 Å². The second-order valence-corrected chi connectivity index (χ2v) is 7.95. The summed E-state index contributed by atoms with van der Waals surface area (Å²) in [6.07, 6.45) is 1.40. The van der Waals surface area contributed by atoms with Crippen LogP contribution in [-0.4, -0.2) is 26.7 Å². The Kier molecular flexibility index (Phi) is 5.78. The summed E-state index contributed by atoms with van der Waals surface area (Å²) in [4.78, 5) is 0.167. The molecule has 0 unspecified atom stereocenters. The standard InChI is InChI=1S/C15H26N2O3S/c1-11-6-7-13(16)14(12(11)2)21(19,20)17-10-15(3,4)8-5-9-18/h6-7,17-18H,5,8-10,16H2,1-4H3. The molecule has 1 aromatic rings. The quantitative estimate of drug-likeness (QED) is 0.671. The Morgan fingerprint density at radius 3 is 2.48 bits per heavy atom. The van der Waals surface area contributed by atoms with E-state index in [2.05, 4.69) is 4.72 Å². The van der Waals surface area contributed by atoms with Gasteiger partial charge in [-0.2, -0.15) is 0 Å². The minimum absolute atomic E-state index is 0.111. The Morgan fingerprint density at radius 1 is 1.29 bits per heavy atom. The highest BCUT2D eigenvalue weighted by Crippen LogP contribution is 2.27. The molecule has 0 spiro atoms. The zero-order chi connectivity index (χ0) is 16.3. The van der Waals surface area contributed by atoms with E-state index >= 15 is 0 Å². The highest BCUT2D eigenvalue weighted by atomic mass is 32.2. The minimum Gasteiger partial charge on any atom is -0.398 e. The van der Waals surface area contributed by atoms with Crippen molar-refractivity contribution in [2.45, 2.75) is 45.4 Å². The fraction of sp³-hybridized carbons (Fsp3) is 0.600. The van der Waals surface area contributed by atoms with E-state index in [4.69, 9.17) is 10.8 Å². The van der Waals surface area contributed by atoms with E-state index < -0.39 is 10.0 Å². The largest absolute Gasteiger partial charge is 0.398 e. The molecule has 0 aliphatic heterocycles. The number of anilines is 1. The van der Waals surface area contributed by atoms with Gasteiger partial charge in [0.1, 0.15) is 4.90 Å². The summed E-state index contributed by atoms with van der Waals surface area (Å²) in [5, 5.41) is 8.88. The molecule has 6 heteroatoms. The third kappa shape index (κ3) is 4.69. The number of sulfonamides is 1. The van der Waals surface area contributed by atoms with Crippen LogP contribution in [0, 0.1) is 19.3 Å². The van der Waals surface area contributed by atoms with E-state index in [1.54, 1.807) is 13.0 Å². The first-order chi connectivity index (χ1) is 9.60. The molecular weight excluding hydrogens is 288 g/mol. The van der Waals surface area contributed by atoms with E-state index in [1.165, 1.54) is 0 Å². The molecule has 0 aliphatic rings. The molecule has 4 N–H and O–H groups in total. The monoisotopic (exact) mass is 314 g/mol. The molecule has 1 rings (SSSR count). The van der Waals surface area contributed by atoms with Crippen molar-refractivity contribution < 1.29 is 13.5 Å². The normalized spacial score (nSPS) is 12.6. The zero-order valence-electron chi connectivity index (χ0n) is 13.2. The highest BCUT2D eigenvalue weighted by Gasteiger charge is 2.25. The van der Waals surface area contributed by atoms with Crippen LogP contribution in [0.2, 0.25) is 0 Å². The van der Waals surface area contributed by atoms with Crippen molar-refractivity contribution in [3.05, 3.63) is 23.3 Å². The predicted octanol–water partition coefficient (Wildman–Crippen LogP) is 1.96. The summed E-state index contributed by atoms with van der Waals surface area (Å²) >= 11 is 0. The number of rotatable bonds is 7. The number of aliphatic hydroxyl groups is 1. The number of nitrogens with one attached hydrogen (secondary N) is 1. The van der Waals surface area contributed by atoms with Gasteiger partial charge >= 0.3 is 0 Å². The molecule has 0 aliphatic carbocycles. The maximum atomic E-state index is 12.5. The molecule has 0 aromatic heterocycles. The molecule has 120 valence electrons. The molecule has 5 nitrogen and oxygen atoms in total. The number of hydrogen-bond acceptors (Lipinski definition) is 4. The van der Waals surface area contributed by atoms with Crippen molar-refractivity contribution in [1.82, 2.24) is 4.72 Å². The summed E-state index contributed by atoms with van der Waals surface area (Å²) in [5.74, 6) is 0. The fourth-order valence-electron chi connectivity index (χ4n) is 2.18. The third-order valence-electron chi connectivity index (χ3n) is 3.73. The number of aliphatic hydroxyl groups excluding tert-OH is 1. The number of aryl methyl sites for hydroxylation is 1. The van der Waals surface area contributed by atoms with Crippen molar-refractivity contribution in [2.24, 2.45) is 5.41 Å². The van der Waals surface area contributed by atoms with Gasteiger partial charge in [0, 0.05) is 13.2 Å². The SMILES string of the molecule is Cc1ccc(N)c(S(=O)(=O)NCC(C)(C)CCCO)c1C. The molecular formula is C15H26N2O3S. The average Bonchev–Trinajstić information content (AvgIpc) is 2.39. The van der Waals surface area contributed by atoms with Crippen LogP contribution in [0.3, 0.4) is 0 Å². The lowest BCUT2D eigenvalue weighted by Crippen LogP contribution is -2.35. The van der Waals surface area contributed by atoms with Crippen LogP contribution in [0.4, 0.5) is 5.69 Å². The molecule has 0 saturated carbocycles. The van der Waals surface area contributed by atoms with E-state index in [9.17, 15) is 8.42 Å². The van der Waals surface area contributed by atoms with Gasteiger partial charge in [0.25, 0.3) is 0 Å². The molecule has 0 bridgehead atoms. The van der Waals surface area contributed by atoms with Gasteiger partial charge in [-0.3, -0.25) is 0 Å². The summed E-state index contributed by atoms with van der Waals surface area (Å²) in [6, 6.07) is 3.43. The third-order valence-corrected chi connectivity index (χ3v) is 5.33. The first kappa shape index (κ1) is 17.9. The molecule has 0 heterocycles. The van der Waals surface area contributed by atoms with Crippen LogP contribution < -0.4 is 10.5 Å². The van der Waals surface area contributed by atoms with Crippen LogP contribution in [-0.2, 0) is 10.0 Å². The maximum Gasteiger partial charge on any atom is 0.242 e. The van der Waals surface area contributed by atoms with Crippen LogP contribution in [0.1, 0.15) is 37.8 Å². The fourth-order valence-corrected chi connectivity index (χ4v) is 3.84. The Hall–Kier alpha value is -1.11. The van der Waals surface area contributed by atoms with Gasteiger partial charge in [0.05, 0.1) is 5.69 Å². The number of hydrogen-bond donors (Lipinski definition) is 3. The number of nitrogen functional groups attached to an aromatic ring is 1. The van der Waals surface area contributed by atoms with E-state index in [-0.39, 0.29) is 22.6 Å². The molecule has 0 fully saturated rings. The molecule has 1 aromatic carbocycles. The van der Waals surface area contributed by atoms with Gasteiger partial charge < -0.3 is 10.8 Å². The van der Waals surface area contributed by atoms with Crippen molar-refractivity contribution in [1.29, 1.82) is 0 Å². The van der Waals surface area contributed by atoms with Crippen LogP contribution in [0.15, 0.2) is 17.0 Å². The zero-order valence-corrected chi connectivity index (χ0v) is 14.0. The van der Waals surface area contributed by atoms with Gasteiger partial charge in [-0.25, -0.2) is 13.1 Å². The lowest BCUT2D eigenvalue weighted by atomic mass is 9.88. The van der Waals surface area contributed by atoms with Crippen molar-refractivity contribution >= 4 is 15.7 Å². The number of benzene rings is 1. The average molecular weight is 314 g/mol. The summed E-state index contributed by atoms with van der Waals surface area (Å²) in [5.41, 5.74) is 7.46. The summed E-state index contributed by atoms with van der Waals surface area (Å²) in [7, 11) is -3.64. The maximum absolute atomic E-state index is 12.5. The highest BCUT2D eigenvalue weighted by molar-refractivity contribution is 7.89. The second-order valence-electron chi connectivity index (χ2n) is 6.24. The topological polar surface area (TPSA) is 92.4 Å². The lowest BCUT2D eigenvalue weighted by molar-refractivity contribution is 0.242. The van der Waals surface area contributed by atoms with Gasteiger partial charge in [-0.05, 0) is 49.3 Å². The van der Waals surface area contributed by atoms with Gasteiger partial charge in [0.15, 0.2) is 0 Å². The summed E-state index contributed by atoms with van der Waals surface area (Å²) < 4.78 is 27.7. The Balaban J connectivity index is 2.96. The minimum atomic E-state index is -3.64. The molecule has 21 heavy (non-hydrogen) atoms. The van der Waals surface area contributed by atoms with Gasteiger partial charge in [-0.1, -0.05) is 19.9 Å². The molecule has 0 atom stereocenters. The van der Waals surface area contributed by atoms with Gasteiger partial charge in [-0.15, -0.1) is 0 Å². The Labute approximate surface area is 127 Å². The van der Waals surface area contributed by atoms with Gasteiger partial charge in [0.2, 0.25) is 10.0 Å². The smallest absolute Gasteiger partial charge is 0.242 e. The molecule has 0 amide bonds. The Bertz CT molecular complexity index is 595. The Morgan fingerprint density at radius 2 is 1.90 bits per heavy atom.